The van der Waals surface area contributed by atoms with Crippen molar-refractivity contribution in [2.45, 2.75) is 18.8 Å². The van der Waals surface area contributed by atoms with Gasteiger partial charge in [-0.25, -0.2) is 9.97 Å². The first-order valence-corrected chi connectivity index (χ1v) is 7.95. The molecule has 1 aliphatic rings. The molecule has 0 unspecified atom stereocenters. The molecule has 7 heteroatoms. The average Bonchev–Trinajstić information content (AvgIpc) is 3.05. The molecule has 1 fully saturated rings. The molecular formula is C17H12N6O. The van der Waals surface area contributed by atoms with Crippen LogP contribution in [0.3, 0.4) is 0 Å². The van der Waals surface area contributed by atoms with E-state index in [2.05, 4.69) is 32.2 Å². The van der Waals surface area contributed by atoms with Gasteiger partial charge in [-0.15, -0.1) is 0 Å². The second-order valence-electron chi connectivity index (χ2n) is 6.16. The normalized spacial score (nSPS) is 15.0. The predicted molar refractivity (Wildman–Crippen MR) is 86.7 cm³/mol. The Morgan fingerprint density at radius 2 is 2.00 bits per heavy atom. The standard InChI is InChI=1S/C17H12N6O/c1-2-4-12-11(3-1)15-18-7-8-22(15)17-13(19-9-23(12)17)16-20-14(21-24-16)10-5-6-10/h1-4,7-10H,5-6H2. The number of hydrogen-bond acceptors (Lipinski definition) is 5. The van der Waals surface area contributed by atoms with Crippen LogP contribution in [0.1, 0.15) is 24.6 Å². The smallest absolute Gasteiger partial charge is 0.280 e. The lowest BCUT2D eigenvalue weighted by atomic mass is 10.2. The topological polar surface area (TPSA) is 73.5 Å². The van der Waals surface area contributed by atoms with Gasteiger partial charge >= 0.3 is 0 Å². The summed E-state index contributed by atoms with van der Waals surface area (Å²) >= 11 is 0. The lowest BCUT2D eigenvalue weighted by Gasteiger charge is -2.06. The zero-order chi connectivity index (χ0) is 15.7. The van der Waals surface area contributed by atoms with E-state index < -0.39 is 0 Å². The maximum Gasteiger partial charge on any atom is 0.280 e. The number of fused-ring (bicyclic) bond motifs is 6. The Labute approximate surface area is 135 Å². The van der Waals surface area contributed by atoms with E-state index in [9.17, 15) is 0 Å². The third-order valence-corrected chi connectivity index (χ3v) is 4.60. The van der Waals surface area contributed by atoms with Crippen molar-refractivity contribution in [1.82, 2.24) is 28.9 Å². The SMILES string of the molecule is c1ccc2c(c1)c1nccn1c1c(-c3nc(C4CC4)no3)ncn21. The fourth-order valence-corrected chi connectivity index (χ4v) is 3.28. The highest BCUT2D eigenvalue weighted by atomic mass is 16.5. The summed E-state index contributed by atoms with van der Waals surface area (Å²) in [6.07, 6.45) is 7.80. The van der Waals surface area contributed by atoms with Gasteiger partial charge in [0.2, 0.25) is 0 Å². The number of benzene rings is 1. The van der Waals surface area contributed by atoms with Crippen LogP contribution in [0.5, 0.6) is 0 Å². The average molecular weight is 316 g/mol. The van der Waals surface area contributed by atoms with Crippen LogP contribution in [0.25, 0.3) is 33.8 Å². The summed E-state index contributed by atoms with van der Waals surface area (Å²) in [5.74, 6) is 1.70. The highest BCUT2D eigenvalue weighted by molar-refractivity contribution is 5.95. The molecule has 4 heterocycles. The number of para-hydroxylation sites is 1. The van der Waals surface area contributed by atoms with E-state index in [0.29, 0.717) is 17.5 Å². The molecule has 116 valence electrons. The minimum absolute atomic E-state index is 0.450. The lowest BCUT2D eigenvalue weighted by Crippen LogP contribution is -1.96. The van der Waals surface area contributed by atoms with Gasteiger partial charge in [0, 0.05) is 23.7 Å². The van der Waals surface area contributed by atoms with Crippen molar-refractivity contribution in [2.75, 3.05) is 0 Å². The number of imidazole rings is 2. The van der Waals surface area contributed by atoms with Crippen LogP contribution in [-0.2, 0) is 0 Å². The van der Waals surface area contributed by atoms with Crippen molar-refractivity contribution in [3.63, 3.8) is 0 Å². The second kappa shape index (κ2) is 4.19. The number of aromatic nitrogens is 6. The summed E-state index contributed by atoms with van der Waals surface area (Å²) in [4.78, 5) is 13.6. The molecular weight excluding hydrogens is 304 g/mol. The van der Waals surface area contributed by atoms with Gasteiger partial charge in [-0.2, -0.15) is 4.98 Å². The Balaban J connectivity index is 1.73. The molecule has 0 saturated heterocycles. The summed E-state index contributed by atoms with van der Waals surface area (Å²) in [6.45, 7) is 0. The Bertz CT molecular complexity index is 1230. The maximum absolute atomic E-state index is 5.49. The molecule has 1 aromatic carbocycles. The quantitative estimate of drug-likeness (QED) is 0.500. The first-order chi connectivity index (χ1) is 11.9. The first-order valence-electron chi connectivity index (χ1n) is 7.95. The molecule has 0 spiro atoms. The van der Waals surface area contributed by atoms with Gasteiger partial charge < -0.3 is 4.52 Å². The van der Waals surface area contributed by atoms with E-state index in [1.165, 1.54) is 0 Å². The van der Waals surface area contributed by atoms with Crippen molar-refractivity contribution in [3.05, 3.63) is 48.8 Å². The predicted octanol–water partition coefficient (Wildman–Crippen LogP) is 3.06. The van der Waals surface area contributed by atoms with Gasteiger partial charge in [0.15, 0.2) is 17.2 Å². The van der Waals surface area contributed by atoms with Gasteiger partial charge in [-0.05, 0) is 25.0 Å². The Hall–Kier alpha value is -3.22. The van der Waals surface area contributed by atoms with Crippen LogP contribution in [0.4, 0.5) is 0 Å². The summed E-state index contributed by atoms with van der Waals surface area (Å²) in [7, 11) is 0. The van der Waals surface area contributed by atoms with Gasteiger partial charge in [0.1, 0.15) is 12.0 Å². The highest BCUT2D eigenvalue weighted by Crippen LogP contribution is 2.39. The van der Waals surface area contributed by atoms with Crippen LogP contribution < -0.4 is 0 Å². The zero-order valence-electron chi connectivity index (χ0n) is 12.6. The van der Waals surface area contributed by atoms with Crippen molar-refractivity contribution in [1.29, 1.82) is 0 Å². The van der Waals surface area contributed by atoms with Crippen LogP contribution in [0.2, 0.25) is 0 Å². The van der Waals surface area contributed by atoms with Gasteiger partial charge in [-0.3, -0.25) is 8.80 Å². The van der Waals surface area contributed by atoms with Gasteiger partial charge in [-0.1, -0.05) is 17.3 Å². The number of hydrogen-bond donors (Lipinski definition) is 0. The minimum atomic E-state index is 0.450. The second-order valence-corrected chi connectivity index (χ2v) is 6.16. The van der Waals surface area contributed by atoms with Crippen LogP contribution in [-0.4, -0.2) is 28.9 Å². The Morgan fingerprint density at radius 1 is 1.08 bits per heavy atom. The zero-order valence-corrected chi connectivity index (χ0v) is 12.6. The van der Waals surface area contributed by atoms with Crippen LogP contribution in [0, 0.1) is 0 Å². The first kappa shape index (κ1) is 12.2. The molecule has 0 aliphatic heterocycles. The van der Waals surface area contributed by atoms with Gasteiger partial charge in [0.05, 0.1) is 5.52 Å². The van der Waals surface area contributed by atoms with Crippen LogP contribution >= 0.6 is 0 Å². The molecule has 5 aromatic rings. The van der Waals surface area contributed by atoms with E-state index in [1.807, 2.05) is 27.1 Å². The van der Waals surface area contributed by atoms with E-state index >= 15 is 0 Å². The number of nitrogens with zero attached hydrogens (tertiary/aromatic N) is 6. The summed E-state index contributed by atoms with van der Waals surface area (Å²) in [5, 5.41) is 5.18. The third kappa shape index (κ3) is 1.51. The van der Waals surface area contributed by atoms with Crippen molar-refractivity contribution in [2.24, 2.45) is 0 Å². The summed E-state index contributed by atoms with van der Waals surface area (Å²) in [6, 6.07) is 8.15. The maximum atomic E-state index is 5.49. The fourth-order valence-electron chi connectivity index (χ4n) is 3.28. The molecule has 1 aliphatic carbocycles. The third-order valence-electron chi connectivity index (χ3n) is 4.60. The molecule has 0 N–H and O–H groups in total. The minimum Gasteiger partial charge on any atom is -0.332 e. The molecule has 24 heavy (non-hydrogen) atoms. The van der Waals surface area contributed by atoms with Crippen molar-refractivity contribution < 1.29 is 4.52 Å². The molecule has 1 saturated carbocycles. The Kier molecular flexibility index (Phi) is 2.14. The van der Waals surface area contributed by atoms with Crippen LogP contribution in [0.15, 0.2) is 47.5 Å². The fraction of sp³-hybridized carbons (Fsp3) is 0.176. The van der Waals surface area contributed by atoms with Gasteiger partial charge in [0.25, 0.3) is 5.89 Å². The molecule has 0 amide bonds. The monoisotopic (exact) mass is 316 g/mol. The molecule has 6 rings (SSSR count). The highest BCUT2D eigenvalue weighted by Gasteiger charge is 2.30. The van der Waals surface area contributed by atoms with Crippen molar-refractivity contribution in [3.8, 4) is 11.6 Å². The lowest BCUT2D eigenvalue weighted by molar-refractivity contribution is 0.422. The molecule has 7 nitrogen and oxygen atoms in total. The molecule has 0 bridgehead atoms. The molecule has 0 atom stereocenters. The van der Waals surface area contributed by atoms with E-state index in [1.54, 1.807) is 12.5 Å². The summed E-state index contributed by atoms with van der Waals surface area (Å²) in [5.41, 5.74) is 3.50. The summed E-state index contributed by atoms with van der Waals surface area (Å²) < 4.78 is 9.55. The molecule has 4 aromatic heterocycles. The van der Waals surface area contributed by atoms with Crippen molar-refractivity contribution >= 4 is 22.2 Å². The van der Waals surface area contributed by atoms with E-state index in [4.69, 9.17) is 4.52 Å². The molecule has 0 radical (unpaired) electrons. The largest absolute Gasteiger partial charge is 0.332 e. The Morgan fingerprint density at radius 3 is 2.92 bits per heavy atom. The number of rotatable bonds is 2. The van der Waals surface area contributed by atoms with E-state index in [0.717, 1.165) is 40.9 Å². The van der Waals surface area contributed by atoms with E-state index in [-0.39, 0.29) is 0 Å².